The van der Waals surface area contributed by atoms with E-state index in [9.17, 15) is 9.18 Å². The standard InChI is InChI=1S/C19H17FN2O/c1-12-3-8-18(23)19(2)10-13-11-21-22(17(13)9-16(12)19)15-6-4-14(20)5-7-15/h3-7,9,11H,8,10H2,1-2H3/t19-/m0/s1. The Bertz CT molecular complexity index is 873. The van der Waals surface area contributed by atoms with E-state index < -0.39 is 5.41 Å². The summed E-state index contributed by atoms with van der Waals surface area (Å²) in [6, 6.07) is 6.28. The second-order valence-corrected chi connectivity index (χ2v) is 6.52. The number of carbonyl (C=O) groups is 1. The minimum Gasteiger partial charge on any atom is -0.298 e. The molecule has 2 aliphatic carbocycles. The monoisotopic (exact) mass is 308 g/mol. The molecule has 0 aliphatic heterocycles. The van der Waals surface area contributed by atoms with Gasteiger partial charge in [-0.05, 0) is 61.7 Å². The Hall–Kier alpha value is -2.49. The molecule has 0 amide bonds. The number of benzene rings is 1. The third kappa shape index (κ3) is 2.01. The molecule has 0 unspecified atom stereocenters. The van der Waals surface area contributed by atoms with Gasteiger partial charge in [0.1, 0.15) is 11.6 Å². The van der Waals surface area contributed by atoms with Gasteiger partial charge in [0.2, 0.25) is 0 Å². The average Bonchev–Trinajstić information content (AvgIpc) is 2.93. The molecule has 0 bridgehead atoms. The van der Waals surface area contributed by atoms with Crippen LogP contribution >= 0.6 is 0 Å². The second-order valence-electron chi connectivity index (χ2n) is 6.52. The van der Waals surface area contributed by atoms with Crippen LogP contribution in [0.4, 0.5) is 4.39 Å². The quantitative estimate of drug-likeness (QED) is 0.801. The van der Waals surface area contributed by atoms with Crippen molar-refractivity contribution in [3.05, 3.63) is 64.8 Å². The molecular formula is C19H17FN2O. The molecule has 1 aromatic carbocycles. The van der Waals surface area contributed by atoms with Crippen molar-refractivity contribution in [1.82, 2.24) is 9.78 Å². The smallest absolute Gasteiger partial charge is 0.147 e. The first-order valence-electron chi connectivity index (χ1n) is 7.74. The number of ketones is 1. The van der Waals surface area contributed by atoms with E-state index in [1.165, 1.54) is 12.1 Å². The van der Waals surface area contributed by atoms with Crippen LogP contribution in [-0.2, 0) is 11.2 Å². The maximum Gasteiger partial charge on any atom is 0.147 e. The molecule has 2 aliphatic rings. The van der Waals surface area contributed by atoms with E-state index in [0.29, 0.717) is 12.8 Å². The molecule has 0 spiro atoms. The van der Waals surface area contributed by atoms with Crippen LogP contribution in [0.2, 0.25) is 0 Å². The Kier molecular flexibility index (Phi) is 2.92. The third-order valence-electron chi connectivity index (χ3n) is 5.01. The Morgan fingerprint density at radius 1 is 1.26 bits per heavy atom. The Labute approximate surface area is 134 Å². The highest BCUT2D eigenvalue weighted by atomic mass is 19.1. The molecule has 0 fully saturated rings. The summed E-state index contributed by atoms with van der Waals surface area (Å²) in [6.45, 7) is 4.08. The number of allylic oxidation sites excluding steroid dienone is 3. The van der Waals surface area contributed by atoms with E-state index in [1.807, 2.05) is 23.9 Å². The predicted molar refractivity (Wildman–Crippen MR) is 86.7 cm³/mol. The first-order chi connectivity index (χ1) is 11.0. The molecule has 23 heavy (non-hydrogen) atoms. The van der Waals surface area contributed by atoms with Crippen LogP contribution in [0.5, 0.6) is 0 Å². The lowest BCUT2D eigenvalue weighted by atomic mass is 9.65. The van der Waals surface area contributed by atoms with Crippen LogP contribution in [0.1, 0.15) is 31.5 Å². The molecule has 3 nitrogen and oxygen atoms in total. The number of carbonyl (C=O) groups excluding carboxylic acids is 1. The van der Waals surface area contributed by atoms with Crippen LogP contribution < -0.4 is 0 Å². The normalized spacial score (nSPS) is 23.0. The van der Waals surface area contributed by atoms with Crippen molar-refractivity contribution in [3.8, 4) is 5.69 Å². The fourth-order valence-electron chi connectivity index (χ4n) is 3.62. The number of aromatic nitrogens is 2. The topological polar surface area (TPSA) is 34.9 Å². The summed E-state index contributed by atoms with van der Waals surface area (Å²) in [7, 11) is 0. The number of rotatable bonds is 1. The molecule has 1 heterocycles. The van der Waals surface area contributed by atoms with Gasteiger partial charge in [0.15, 0.2) is 0 Å². The van der Waals surface area contributed by atoms with Gasteiger partial charge in [0.25, 0.3) is 0 Å². The summed E-state index contributed by atoms with van der Waals surface area (Å²) >= 11 is 0. The lowest BCUT2D eigenvalue weighted by molar-refractivity contribution is -0.125. The van der Waals surface area contributed by atoms with Crippen LogP contribution in [0.15, 0.2) is 47.7 Å². The van der Waals surface area contributed by atoms with E-state index in [2.05, 4.69) is 18.1 Å². The number of halogens is 1. The van der Waals surface area contributed by atoms with Gasteiger partial charge < -0.3 is 0 Å². The fourth-order valence-corrected chi connectivity index (χ4v) is 3.62. The molecule has 1 atom stereocenters. The summed E-state index contributed by atoms with van der Waals surface area (Å²) in [4.78, 5) is 12.5. The molecular weight excluding hydrogens is 291 g/mol. The fraction of sp³-hybridized carbons (Fsp3) is 0.263. The predicted octanol–water partition coefficient (Wildman–Crippen LogP) is 3.88. The van der Waals surface area contributed by atoms with Crippen molar-refractivity contribution in [2.45, 2.75) is 26.7 Å². The zero-order valence-electron chi connectivity index (χ0n) is 13.1. The maximum absolute atomic E-state index is 13.1. The van der Waals surface area contributed by atoms with Crippen molar-refractivity contribution in [1.29, 1.82) is 0 Å². The molecule has 0 N–H and O–H groups in total. The maximum atomic E-state index is 13.1. The number of hydrogen-bond donors (Lipinski definition) is 0. The minimum absolute atomic E-state index is 0.259. The summed E-state index contributed by atoms with van der Waals surface area (Å²) in [6.07, 6.45) is 7.05. The van der Waals surface area contributed by atoms with Gasteiger partial charge in [-0.1, -0.05) is 11.6 Å². The Morgan fingerprint density at radius 3 is 2.74 bits per heavy atom. The second kappa shape index (κ2) is 4.75. The summed E-state index contributed by atoms with van der Waals surface area (Å²) in [5, 5.41) is 4.46. The van der Waals surface area contributed by atoms with Gasteiger partial charge in [-0.2, -0.15) is 5.10 Å². The highest BCUT2D eigenvalue weighted by Gasteiger charge is 2.42. The van der Waals surface area contributed by atoms with Gasteiger partial charge >= 0.3 is 0 Å². The summed E-state index contributed by atoms with van der Waals surface area (Å²) in [5.74, 6) is -0.00751. The van der Waals surface area contributed by atoms with E-state index in [-0.39, 0.29) is 11.6 Å². The third-order valence-corrected chi connectivity index (χ3v) is 5.01. The molecule has 0 radical (unpaired) electrons. The highest BCUT2D eigenvalue weighted by molar-refractivity contribution is 5.95. The van der Waals surface area contributed by atoms with E-state index in [4.69, 9.17) is 0 Å². The molecule has 116 valence electrons. The van der Waals surface area contributed by atoms with Gasteiger partial charge in [-0.25, -0.2) is 9.07 Å². The first-order valence-corrected chi connectivity index (χ1v) is 7.74. The lowest BCUT2D eigenvalue weighted by Crippen LogP contribution is -2.37. The Balaban J connectivity index is 1.88. The molecule has 2 aromatic rings. The molecule has 0 saturated heterocycles. The van der Waals surface area contributed by atoms with Crippen molar-refractivity contribution < 1.29 is 9.18 Å². The van der Waals surface area contributed by atoms with Crippen LogP contribution in [0.25, 0.3) is 11.8 Å². The lowest BCUT2D eigenvalue weighted by Gasteiger charge is -2.37. The SMILES string of the molecule is CC1=CCC(=O)[C@@]2(C)Cc3cnn(-c4ccc(F)cc4)c3C=C12. The van der Waals surface area contributed by atoms with Gasteiger partial charge in [-0.15, -0.1) is 0 Å². The van der Waals surface area contributed by atoms with Crippen molar-refractivity contribution in [2.24, 2.45) is 5.41 Å². The number of nitrogens with zero attached hydrogens (tertiary/aromatic N) is 2. The first kappa shape index (κ1) is 14.1. The summed E-state index contributed by atoms with van der Waals surface area (Å²) in [5.41, 5.74) is 4.63. The van der Waals surface area contributed by atoms with Crippen molar-refractivity contribution in [3.63, 3.8) is 0 Å². The Morgan fingerprint density at radius 2 is 2.00 bits per heavy atom. The molecule has 4 rings (SSSR count). The highest BCUT2D eigenvalue weighted by Crippen LogP contribution is 2.46. The van der Waals surface area contributed by atoms with Gasteiger partial charge in [-0.3, -0.25) is 4.79 Å². The average molecular weight is 308 g/mol. The molecule has 1 aromatic heterocycles. The van der Waals surface area contributed by atoms with Crippen LogP contribution in [0.3, 0.4) is 0 Å². The molecule has 0 saturated carbocycles. The van der Waals surface area contributed by atoms with Gasteiger partial charge in [0, 0.05) is 6.42 Å². The summed E-state index contributed by atoms with van der Waals surface area (Å²) < 4.78 is 15.0. The number of hydrogen-bond acceptors (Lipinski definition) is 2. The van der Waals surface area contributed by atoms with Crippen LogP contribution in [0, 0.1) is 11.2 Å². The van der Waals surface area contributed by atoms with Gasteiger partial charge in [0.05, 0.1) is 23.0 Å². The number of Topliss-reactive ketones (excluding diaryl/α,β-unsaturated/α-hetero) is 1. The van der Waals surface area contributed by atoms with Crippen LogP contribution in [-0.4, -0.2) is 15.6 Å². The zero-order chi connectivity index (χ0) is 16.2. The van der Waals surface area contributed by atoms with Crippen molar-refractivity contribution in [2.75, 3.05) is 0 Å². The molecule has 4 heteroatoms. The number of fused-ring (bicyclic) bond motifs is 2. The van der Waals surface area contributed by atoms with E-state index in [1.54, 1.807) is 12.1 Å². The largest absolute Gasteiger partial charge is 0.298 e. The minimum atomic E-state index is -0.456. The van der Waals surface area contributed by atoms with E-state index in [0.717, 1.165) is 28.1 Å². The van der Waals surface area contributed by atoms with Crippen molar-refractivity contribution >= 4 is 11.9 Å². The van der Waals surface area contributed by atoms with E-state index >= 15 is 0 Å². The zero-order valence-corrected chi connectivity index (χ0v) is 13.1.